The summed E-state index contributed by atoms with van der Waals surface area (Å²) >= 11 is 0. The van der Waals surface area contributed by atoms with E-state index in [1.165, 1.54) is 0 Å². The van der Waals surface area contributed by atoms with Crippen LogP contribution in [0.25, 0.3) is 10.8 Å². The van der Waals surface area contributed by atoms with Gasteiger partial charge in [-0.2, -0.15) is 5.10 Å². The molecule has 5 nitrogen and oxygen atoms in total. The summed E-state index contributed by atoms with van der Waals surface area (Å²) in [6.45, 7) is 0.656. The molecule has 0 aliphatic rings. The van der Waals surface area contributed by atoms with Gasteiger partial charge in [0.25, 0.3) is 0 Å². The fraction of sp³-hybridized carbons (Fsp3) is 0.143. The number of anilines is 1. The largest absolute Gasteiger partial charge is 0.496 e. The lowest BCUT2D eigenvalue weighted by Gasteiger charge is -2.10. The van der Waals surface area contributed by atoms with Gasteiger partial charge in [0.1, 0.15) is 11.6 Å². The maximum absolute atomic E-state index is 5.36. The predicted octanol–water partition coefficient (Wildman–Crippen LogP) is 2.58. The number of hydrogen-bond acceptors (Lipinski definition) is 4. The Bertz CT molecular complexity index is 679. The lowest BCUT2D eigenvalue weighted by Crippen LogP contribution is -2.02. The number of benzene rings is 1. The fourth-order valence-electron chi connectivity index (χ4n) is 2.06. The Morgan fingerprint density at radius 3 is 2.89 bits per heavy atom. The molecule has 3 aromatic rings. The number of fused-ring (bicyclic) bond motifs is 1. The minimum Gasteiger partial charge on any atom is -0.496 e. The van der Waals surface area contributed by atoms with E-state index >= 15 is 0 Å². The molecule has 96 valence electrons. The summed E-state index contributed by atoms with van der Waals surface area (Å²) < 4.78 is 5.36. The van der Waals surface area contributed by atoms with E-state index in [2.05, 4.69) is 20.5 Å². The smallest absolute Gasteiger partial charge is 0.134 e. The van der Waals surface area contributed by atoms with Gasteiger partial charge in [-0.05, 0) is 18.2 Å². The van der Waals surface area contributed by atoms with Crippen LogP contribution in [0.15, 0.2) is 42.7 Å². The number of nitrogens with zero attached hydrogens (tertiary/aromatic N) is 2. The first-order valence-corrected chi connectivity index (χ1v) is 6.02. The minimum atomic E-state index is 0.656. The molecule has 0 saturated heterocycles. The molecule has 2 aromatic heterocycles. The number of nitrogens with one attached hydrogen (secondary N) is 2. The summed E-state index contributed by atoms with van der Waals surface area (Å²) in [6, 6.07) is 9.82. The molecule has 5 heteroatoms. The summed E-state index contributed by atoms with van der Waals surface area (Å²) in [5.41, 5.74) is 1.02. The molecule has 0 radical (unpaired) electrons. The molecule has 0 aliphatic heterocycles. The zero-order valence-corrected chi connectivity index (χ0v) is 10.6. The van der Waals surface area contributed by atoms with E-state index < -0.39 is 0 Å². The molecular formula is C14H14N4O. The van der Waals surface area contributed by atoms with Crippen molar-refractivity contribution in [2.45, 2.75) is 6.54 Å². The van der Waals surface area contributed by atoms with Crippen LogP contribution >= 0.6 is 0 Å². The number of pyridine rings is 1. The number of hydrogen-bond donors (Lipinski definition) is 2. The lowest BCUT2D eigenvalue weighted by molar-refractivity contribution is 0.420. The molecule has 0 saturated carbocycles. The maximum atomic E-state index is 5.36. The first kappa shape index (κ1) is 11.5. The van der Waals surface area contributed by atoms with Crippen LogP contribution in [0.1, 0.15) is 5.69 Å². The van der Waals surface area contributed by atoms with Gasteiger partial charge in [-0.25, -0.2) is 4.98 Å². The van der Waals surface area contributed by atoms with E-state index in [0.717, 1.165) is 28.0 Å². The molecule has 0 atom stereocenters. The third-order valence-corrected chi connectivity index (χ3v) is 2.99. The van der Waals surface area contributed by atoms with Gasteiger partial charge >= 0.3 is 0 Å². The molecule has 19 heavy (non-hydrogen) atoms. The van der Waals surface area contributed by atoms with E-state index in [9.17, 15) is 0 Å². The van der Waals surface area contributed by atoms with Crippen molar-refractivity contribution in [1.29, 1.82) is 0 Å². The molecule has 1 aromatic carbocycles. The number of aromatic nitrogens is 3. The Kier molecular flexibility index (Phi) is 3.02. The summed E-state index contributed by atoms with van der Waals surface area (Å²) in [6.07, 6.45) is 3.51. The van der Waals surface area contributed by atoms with Gasteiger partial charge in [-0.3, -0.25) is 5.10 Å². The number of H-pyrrole nitrogens is 1. The van der Waals surface area contributed by atoms with Crippen LogP contribution in [0.3, 0.4) is 0 Å². The van der Waals surface area contributed by atoms with Crippen LogP contribution in [0, 0.1) is 0 Å². The molecule has 2 N–H and O–H groups in total. The zero-order chi connectivity index (χ0) is 13.1. The van der Waals surface area contributed by atoms with Crippen LogP contribution in [-0.4, -0.2) is 22.3 Å². The van der Waals surface area contributed by atoms with Crippen molar-refractivity contribution in [3.8, 4) is 5.75 Å². The van der Waals surface area contributed by atoms with Gasteiger partial charge in [-0.15, -0.1) is 0 Å². The maximum Gasteiger partial charge on any atom is 0.134 e. The number of aromatic amines is 1. The molecule has 0 aliphatic carbocycles. The number of methoxy groups -OCH3 is 1. The van der Waals surface area contributed by atoms with Gasteiger partial charge in [0.05, 0.1) is 19.3 Å². The van der Waals surface area contributed by atoms with Crippen LogP contribution < -0.4 is 10.1 Å². The highest BCUT2D eigenvalue weighted by atomic mass is 16.5. The van der Waals surface area contributed by atoms with Crippen molar-refractivity contribution in [1.82, 2.24) is 15.2 Å². The van der Waals surface area contributed by atoms with Crippen LogP contribution in [0.2, 0.25) is 0 Å². The van der Waals surface area contributed by atoms with Crippen molar-refractivity contribution >= 4 is 16.6 Å². The van der Waals surface area contributed by atoms with Crippen LogP contribution in [0.4, 0.5) is 5.82 Å². The molecular weight excluding hydrogens is 240 g/mol. The molecule has 0 unspecified atom stereocenters. The second kappa shape index (κ2) is 4.97. The second-order valence-electron chi connectivity index (χ2n) is 4.15. The molecule has 3 rings (SSSR count). The van der Waals surface area contributed by atoms with Crippen molar-refractivity contribution in [3.05, 3.63) is 48.4 Å². The summed E-state index contributed by atoms with van der Waals surface area (Å²) in [5, 5.41) is 12.2. The summed E-state index contributed by atoms with van der Waals surface area (Å²) in [5.74, 6) is 1.69. The number of ether oxygens (including phenoxy) is 1. The average molecular weight is 254 g/mol. The van der Waals surface area contributed by atoms with E-state index in [1.54, 1.807) is 19.5 Å². The Morgan fingerprint density at radius 1 is 1.16 bits per heavy atom. The van der Waals surface area contributed by atoms with Crippen LogP contribution in [-0.2, 0) is 6.54 Å². The normalized spacial score (nSPS) is 10.6. The molecule has 2 heterocycles. The van der Waals surface area contributed by atoms with E-state index in [1.807, 2.05) is 30.3 Å². The standard InChI is InChI=1S/C14H14N4O/c1-19-13-4-2-3-12-11(13)6-7-15-14(12)16-9-10-5-8-17-18-10/h2-8H,9H2,1H3,(H,15,16)(H,17,18). The summed E-state index contributed by atoms with van der Waals surface area (Å²) in [7, 11) is 1.67. The van der Waals surface area contributed by atoms with Gasteiger partial charge in [0.2, 0.25) is 0 Å². The quantitative estimate of drug-likeness (QED) is 0.751. The summed E-state index contributed by atoms with van der Waals surface area (Å²) in [4.78, 5) is 4.38. The zero-order valence-electron chi connectivity index (χ0n) is 10.6. The van der Waals surface area contributed by atoms with E-state index in [4.69, 9.17) is 4.74 Å². The third-order valence-electron chi connectivity index (χ3n) is 2.99. The Hall–Kier alpha value is -2.56. The average Bonchev–Trinajstić information content (AvgIpc) is 2.97. The highest BCUT2D eigenvalue weighted by molar-refractivity contribution is 5.95. The van der Waals surface area contributed by atoms with Crippen LogP contribution in [0.5, 0.6) is 5.75 Å². The Labute approximate surface area is 110 Å². The number of rotatable bonds is 4. The SMILES string of the molecule is COc1cccc2c(NCc3ccn[nH]3)nccc12. The van der Waals surface area contributed by atoms with Gasteiger partial charge in [0.15, 0.2) is 0 Å². The topological polar surface area (TPSA) is 62.8 Å². The molecule has 0 fully saturated rings. The molecule has 0 bridgehead atoms. The van der Waals surface area contributed by atoms with E-state index in [0.29, 0.717) is 6.54 Å². The van der Waals surface area contributed by atoms with Crippen molar-refractivity contribution in [2.24, 2.45) is 0 Å². The van der Waals surface area contributed by atoms with Crippen molar-refractivity contribution in [3.63, 3.8) is 0 Å². The van der Waals surface area contributed by atoms with Crippen molar-refractivity contribution < 1.29 is 4.74 Å². The highest BCUT2D eigenvalue weighted by Crippen LogP contribution is 2.29. The molecule has 0 spiro atoms. The third kappa shape index (κ3) is 2.22. The van der Waals surface area contributed by atoms with Crippen molar-refractivity contribution in [2.75, 3.05) is 12.4 Å². The first-order valence-electron chi connectivity index (χ1n) is 6.02. The molecule has 0 amide bonds. The van der Waals surface area contributed by atoms with Gasteiger partial charge < -0.3 is 10.1 Å². The highest BCUT2D eigenvalue weighted by Gasteiger charge is 2.06. The monoisotopic (exact) mass is 254 g/mol. The first-order chi connectivity index (χ1) is 9.38. The second-order valence-corrected chi connectivity index (χ2v) is 4.15. The minimum absolute atomic E-state index is 0.656. The Balaban J connectivity index is 1.95. The van der Waals surface area contributed by atoms with Gasteiger partial charge in [0, 0.05) is 23.2 Å². The lowest BCUT2D eigenvalue weighted by atomic mass is 10.1. The Morgan fingerprint density at radius 2 is 2.11 bits per heavy atom. The predicted molar refractivity (Wildman–Crippen MR) is 74.2 cm³/mol. The fourth-order valence-corrected chi connectivity index (χ4v) is 2.06. The van der Waals surface area contributed by atoms with E-state index in [-0.39, 0.29) is 0 Å². The van der Waals surface area contributed by atoms with Gasteiger partial charge in [-0.1, -0.05) is 12.1 Å².